The van der Waals surface area contributed by atoms with Gasteiger partial charge in [0.1, 0.15) is 11.5 Å². The van der Waals surface area contributed by atoms with Gasteiger partial charge < -0.3 is 9.84 Å². The SMILES string of the molecule is CC(=NNC(=O)COc1ccccc1C(C)C)c1ccc(O)cc1. The summed E-state index contributed by atoms with van der Waals surface area (Å²) in [5, 5.41) is 13.3. The molecule has 0 saturated carbocycles. The van der Waals surface area contributed by atoms with Gasteiger partial charge in [0, 0.05) is 0 Å². The van der Waals surface area contributed by atoms with Gasteiger partial charge in [-0.05, 0) is 54.3 Å². The molecule has 2 aromatic rings. The number of benzene rings is 2. The van der Waals surface area contributed by atoms with E-state index in [9.17, 15) is 9.90 Å². The van der Waals surface area contributed by atoms with Crippen LogP contribution >= 0.6 is 0 Å². The summed E-state index contributed by atoms with van der Waals surface area (Å²) >= 11 is 0. The van der Waals surface area contributed by atoms with Gasteiger partial charge in [0.2, 0.25) is 0 Å². The maximum atomic E-state index is 11.9. The maximum Gasteiger partial charge on any atom is 0.277 e. The first-order valence-corrected chi connectivity index (χ1v) is 7.81. The molecule has 0 aromatic heterocycles. The molecule has 0 aliphatic rings. The molecule has 0 aliphatic heterocycles. The van der Waals surface area contributed by atoms with Crippen molar-refractivity contribution in [1.29, 1.82) is 0 Å². The van der Waals surface area contributed by atoms with Crippen LogP contribution in [0.25, 0.3) is 0 Å². The highest BCUT2D eigenvalue weighted by Crippen LogP contribution is 2.25. The number of phenolic OH excluding ortho intramolecular Hbond substituents is 1. The third-order valence-corrected chi connectivity index (χ3v) is 3.53. The number of carbonyl (C=O) groups excluding carboxylic acids is 1. The molecular weight excluding hydrogens is 304 g/mol. The van der Waals surface area contributed by atoms with E-state index in [4.69, 9.17) is 4.74 Å². The lowest BCUT2D eigenvalue weighted by Gasteiger charge is -2.13. The molecule has 0 radical (unpaired) electrons. The average Bonchev–Trinajstić information content (AvgIpc) is 2.58. The van der Waals surface area contributed by atoms with Crippen LogP contribution in [-0.4, -0.2) is 23.3 Å². The van der Waals surface area contributed by atoms with E-state index in [1.807, 2.05) is 24.3 Å². The Labute approximate surface area is 142 Å². The van der Waals surface area contributed by atoms with Crippen LogP contribution in [0.5, 0.6) is 11.5 Å². The monoisotopic (exact) mass is 326 g/mol. The van der Waals surface area contributed by atoms with Crippen molar-refractivity contribution in [3.8, 4) is 11.5 Å². The predicted molar refractivity (Wildman–Crippen MR) is 94.5 cm³/mol. The van der Waals surface area contributed by atoms with Crippen molar-refractivity contribution >= 4 is 11.6 Å². The third-order valence-electron chi connectivity index (χ3n) is 3.53. The molecule has 2 rings (SSSR count). The second-order valence-electron chi connectivity index (χ2n) is 5.76. The molecule has 0 unspecified atom stereocenters. The first-order valence-electron chi connectivity index (χ1n) is 7.81. The zero-order chi connectivity index (χ0) is 17.5. The number of hydrazone groups is 1. The van der Waals surface area contributed by atoms with Crippen molar-refractivity contribution in [2.75, 3.05) is 6.61 Å². The van der Waals surface area contributed by atoms with Crippen LogP contribution in [0.3, 0.4) is 0 Å². The van der Waals surface area contributed by atoms with E-state index < -0.39 is 0 Å². The summed E-state index contributed by atoms with van der Waals surface area (Å²) < 4.78 is 5.60. The van der Waals surface area contributed by atoms with E-state index in [0.717, 1.165) is 11.1 Å². The third kappa shape index (κ3) is 4.84. The number of carbonyl (C=O) groups is 1. The van der Waals surface area contributed by atoms with E-state index in [1.54, 1.807) is 31.2 Å². The van der Waals surface area contributed by atoms with Gasteiger partial charge in [-0.2, -0.15) is 5.10 Å². The second-order valence-corrected chi connectivity index (χ2v) is 5.76. The Kier molecular flexibility index (Phi) is 5.95. The Hall–Kier alpha value is -2.82. The molecule has 5 nitrogen and oxygen atoms in total. The number of aromatic hydroxyl groups is 1. The van der Waals surface area contributed by atoms with Crippen LogP contribution in [0, 0.1) is 0 Å². The van der Waals surface area contributed by atoms with E-state index in [1.165, 1.54) is 0 Å². The van der Waals surface area contributed by atoms with E-state index in [-0.39, 0.29) is 18.3 Å². The first-order chi connectivity index (χ1) is 11.5. The van der Waals surface area contributed by atoms with E-state index in [2.05, 4.69) is 24.4 Å². The summed E-state index contributed by atoms with van der Waals surface area (Å²) in [6.45, 7) is 5.83. The molecule has 5 heteroatoms. The van der Waals surface area contributed by atoms with Gasteiger partial charge in [0.05, 0.1) is 5.71 Å². The highest BCUT2D eigenvalue weighted by Gasteiger charge is 2.09. The standard InChI is InChI=1S/C19H22N2O3/c1-13(2)17-6-4-5-7-18(17)24-12-19(23)21-20-14(3)15-8-10-16(22)11-9-15/h4-11,13,22H,12H2,1-3H3,(H,21,23). The minimum atomic E-state index is -0.327. The molecule has 0 saturated heterocycles. The van der Waals surface area contributed by atoms with Crippen molar-refractivity contribution in [2.45, 2.75) is 26.7 Å². The van der Waals surface area contributed by atoms with Crippen molar-refractivity contribution < 1.29 is 14.6 Å². The molecule has 0 bridgehead atoms. The number of ether oxygens (including phenoxy) is 1. The molecule has 0 fully saturated rings. The second kappa shape index (κ2) is 8.15. The molecule has 24 heavy (non-hydrogen) atoms. The summed E-state index contributed by atoms with van der Waals surface area (Å²) in [5.74, 6) is 0.889. The quantitative estimate of drug-likeness (QED) is 0.631. The molecule has 0 spiro atoms. The number of nitrogens with zero attached hydrogens (tertiary/aromatic N) is 1. The molecule has 2 N–H and O–H groups in total. The van der Waals surface area contributed by atoms with Gasteiger partial charge in [-0.25, -0.2) is 5.43 Å². The fourth-order valence-corrected chi connectivity index (χ4v) is 2.18. The minimum Gasteiger partial charge on any atom is -0.508 e. The fourth-order valence-electron chi connectivity index (χ4n) is 2.18. The van der Waals surface area contributed by atoms with Crippen molar-refractivity contribution in [3.05, 3.63) is 59.7 Å². The Morgan fingerprint density at radius 1 is 1.17 bits per heavy atom. The zero-order valence-corrected chi connectivity index (χ0v) is 14.1. The summed E-state index contributed by atoms with van der Waals surface area (Å²) in [5.41, 5.74) is 5.00. The summed E-state index contributed by atoms with van der Waals surface area (Å²) in [7, 11) is 0. The number of amides is 1. The number of hydrogen-bond donors (Lipinski definition) is 2. The Bertz CT molecular complexity index is 722. The number of hydrogen-bond acceptors (Lipinski definition) is 4. The van der Waals surface area contributed by atoms with Gasteiger partial charge in [0.15, 0.2) is 6.61 Å². The number of phenols is 1. The lowest BCUT2D eigenvalue weighted by molar-refractivity contribution is -0.123. The number of nitrogens with one attached hydrogen (secondary N) is 1. The van der Waals surface area contributed by atoms with Crippen molar-refractivity contribution in [2.24, 2.45) is 5.10 Å². The Balaban J connectivity index is 1.92. The average molecular weight is 326 g/mol. The predicted octanol–water partition coefficient (Wildman–Crippen LogP) is 3.43. The Morgan fingerprint density at radius 2 is 1.83 bits per heavy atom. The fraction of sp³-hybridized carbons (Fsp3) is 0.263. The van der Waals surface area contributed by atoms with Gasteiger partial charge in [0.25, 0.3) is 5.91 Å². The van der Waals surface area contributed by atoms with E-state index >= 15 is 0 Å². The summed E-state index contributed by atoms with van der Waals surface area (Å²) in [4.78, 5) is 11.9. The van der Waals surface area contributed by atoms with E-state index in [0.29, 0.717) is 17.4 Å². The lowest BCUT2D eigenvalue weighted by atomic mass is 10.0. The highest BCUT2D eigenvalue weighted by molar-refractivity contribution is 5.99. The molecule has 1 amide bonds. The lowest BCUT2D eigenvalue weighted by Crippen LogP contribution is -2.25. The molecule has 126 valence electrons. The first kappa shape index (κ1) is 17.5. The van der Waals surface area contributed by atoms with Crippen LogP contribution in [0.1, 0.15) is 37.8 Å². The largest absolute Gasteiger partial charge is 0.508 e. The topological polar surface area (TPSA) is 70.9 Å². The van der Waals surface area contributed by atoms with Gasteiger partial charge in [-0.3, -0.25) is 4.79 Å². The van der Waals surface area contributed by atoms with Gasteiger partial charge >= 0.3 is 0 Å². The van der Waals surface area contributed by atoms with Crippen LogP contribution in [0.4, 0.5) is 0 Å². The molecule has 2 aromatic carbocycles. The van der Waals surface area contributed by atoms with Crippen LogP contribution < -0.4 is 10.2 Å². The normalized spacial score (nSPS) is 11.4. The van der Waals surface area contributed by atoms with Gasteiger partial charge in [-0.1, -0.05) is 32.0 Å². The molecule has 0 aliphatic carbocycles. The van der Waals surface area contributed by atoms with Crippen LogP contribution in [-0.2, 0) is 4.79 Å². The number of rotatable bonds is 6. The van der Waals surface area contributed by atoms with Crippen LogP contribution in [0.2, 0.25) is 0 Å². The molecule has 0 atom stereocenters. The maximum absolute atomic E-state index is 11.9. The van der Waals surface area contributed by atoms with Crippen LogP contribution in [0.15, 0.2) is 53.6 Å². The molecular formula is C19H22N2O3. The summed E-state index contributed by atoms with van der Waals surface area (Å²) in [6, 6.07) is 14.3. The number of para-hydroxylation sites is 1. The Morgan fingerprint density at radius 3 is 2.50 bits per heavy atom. The van der Waals surface area contributed by atoms with Gasteiger partial charge in [-0.15, -0.1) is 0 Å². The highest BCUT2D eigenvalue weighted by atomic mass is 16.5. The van der Waals surface area contributed by atoms with Crippen molar-refractivity contribution in [3.63, 3.8) is 0 Å². The molecule has 0 heterocycles. The smallest absolute Gasteiger partial charge is 0.277 e. The zero-order valence-electron chi connectivity index (χ0n) is 14.1. The van der Waals surface area contributed by atoms with Crippen molar-refractivity contribution in [1.82, 2.24) is 5.43 Å². The summed E-state index contributed by atoms with van der Waals surface area (Å²) in [6.07, 6.45) is 0. The minimum absolute atomic E-state index is 0.101.